The van der Waals surface area contributed by atoms with Gasteiger partial charge in [0.05, 0.1) is 22.5 Å². The highest BCUT2D eigenvalue weighted by Crippen LogP contribution is 2.37. The number of alkyl halides is 3. The van der Waals surface area contributed by atoms with Crippen LogP contribution in [0.25, 0.3) is 11.6 Å². The van der Waals surface area contributed by atoms with E-state index >= 15 is 0 Å². The number of carbonyl (C=O) groups excluding carboxylic acids is 2. The zero-order chi connectivity index (χ0) is 28.6. The third kappa shape index (κ3) is 5.46. The van der Waals surface area contributed by atoms with Crippen molar-refractivity contribution in [2.24, 2.45) is 0 Å². The Morgan fingerprint density at radius 1 is 0.975 bits per heavy atom. The first-order chi connectivity index (χ1) is 19.0. The zero-order valence-electron chi connectivity index (χ0n) is 20.7. The van der Waals surface area contributed by atoms with E-state index in [4.69, 9.17) is 0 Å². The maximum Gasteiger partial charge on any atom is 0.416 e. The lowest BCUT2D eigenvalue weighted by Gasteiger charge is -2.15. The van der Waals surface area contributed by atoms with E-state index in [1.807, 2.05) is 24.4 Å². The number of phenols is 1. The molecule has 0 atom stereocenters. The summed E-state index contributed by atoms with van der Waals surface area (Å²) in [5.41, 5.74) is 2.80. The Labute approximate surface area is 224 Å². The maximum absolute atomic E-state index is 14.2. The number of fused-ring (bicyclic) bond motifs is 1. The first-order valence-electron chi connectivity index (χ1n) is 11.8. The summed E-state index contributed by atoms with van der Waals surface area (Å²) in [5.74, 6) is -2.88. The monoisotopic (exact) mass is 551 g/mol. The SMILES string of the molecule is Cc1ccc(NC(=O)Nc2cc(C(F)(F)F)cc(O)c2F)cc1Nc1ccc2c(c1)NC(=O)/C2=C\c1ccc[nH]1. The van der Waals surface area contributed by atoms with Crippen molar-refractivity contribution < 1.29 is 32.3 Å². The number of amides is 3. The van der Waals surface area contributed by atoms with Crippen LogP contribution in [0.5, 0.6) is 5.75 Å². The van der Waals surface area contributed by atoms with E-state index in [0.717, 1.165) is 16.8 Å². The second-order valence-corrected chi connectivity index (χ2v) is 8.99. The molecule has 204 valence electrons. The van der Waals surface area contributed by atoms with Crippen LogP contribution in [0.3, 0.4) is 0 Å². The number of aromatic nitrogens is 1. The minimum Gasteiger partial charge on any atom is -0.505 e. The Morgan fingerprint density at radius 2 is 1.75 bits per heavy atom. The van der Waals surface area contributed by atoms with Crippen molar-refractivity contribution in [3.63, 3.8) is 0 Å². The Kier molecular flexibility index (Phi) is 6.68. The number of anilines is 5. The fraction of sp³-hybridized carbons (Fsp3) is 0.0714. The number of hydrogen-bond donors (Lipinski definition) is 6. The summed E-state index contributed by atoms with van der Waals surface area (Å²) in [6, 6.07) is 13.5. The molecule has 3 amide bonds. The van der Waals surface area contributed by atoms with Gasteiger partial charge in [-0.2, -0.15) is 13.2 Å². The van der Waals surface area contributed by atoms with Gasteiger partial charge >= 0.3 is 12.2 Å². The van der Waals surface area contributed by atoms with Crippen molar-refractivity contribution in [2.75, 3.05) is 21.3 Å². The predicted octanol–water partition coefficient (Wildman–Crippen LogP) is 7.07. The first-order valence-corrected chi connectivity index (χ1v) is 11.8. The number of benzene rings is 3. The normalized spacial score (nSPS) is 13.6. The summed E-state index contributed by atoms with van der Waals surface area (Å²) in [4.78, 5) is 28.0. The molecule has 0 saturated heterocycles. The number of nitrogens with one attached hydrogen (secondary N) is 5. The van der Waals surface area contributed by atoms with Crippen molar-refractivity contribution in [2.45, 2.75) is 13.1 Å². The topological polar surface area (TPSA) is 118 Å². The van der Waals surface area contributed by atoms with Crippen molar-refractivity contribution >= 4 is 52.0 Å². The summed E-state index contributed by atoms with van der Waals surface area (Å²) in [7, 11) is 0. The molecule has 0 spiro atoms. The van der Waals surface area contributed by atoms with Crippen LogP contribution in [0.4, 0.5) is 50.8 Å². The van der Waals surface area contributed by atoms with Crippen molar-refractivity contribution in [1.82, 2.24) is 4.98 Å². The number of urea groups is 1. The number of phenolic OH excluding ortho intramolecular Hbond substituents is 1. The van der Waals surface area contributed by atoms with Crippen LogP contribution in [0.1, 0.15) is 22.4 Å². The average Bonchev–Trinajstić information content (AvgIpc) is 3.51. The fourth-order valence-corrected chi connectivity index (χ4v) is 4.14. The first kappa shape index (κ1) is 26.4. The largest absolute Gasteiger partial charge is 0.505 e. The highest BCUT2D eigenvalue weighted by molar-refractivity contribution is 6.35. The van der Waals surface area contributed by atoms with Crippen LogP contribution in [-0.4, -0.2) is 22.0 Å². The van der Waals surface area contributed by atoms with Crippen LogP contribution >= 0.6 is 0 Å². The Morgan fingerprint density at radius 3 is 2.48 bits per heavy atom. The average molecular weight is 552 g/mol. The summed E-state index contributed by atoms with van der Waals surface area (Å²) in [6.07, 6.45) is -1.34. The van der Waals surface area contributed by atoms with Crippen LogP contribution in [0.2, 0.25) is 0 Å². The van der Waals surface area contributed by atoms with E-state index in [2.05, 4.69) is 20.9 Å². The smallest absolute Gasteiger partial charge is 0.416 e. The van der Waals surface area contributed by atoms with Crippen LogP contribution in [0, 0.1) is 12.7 Å². The molecule has 12 heteroatoms. The molecule has 0 unspecified atom stereocenters. The van der Waals surface area contributed by atoms with Gasteiger partial charge in [0, 0.05) is 34.5 Å². The molecule has 6 N–H and O–H groups in total. The highest BCUT2D eigenvalue weighted by Gasteiger charge is 2.33. The number of halogens is 4. The van der Waals surface area contributed by atoms with E-state index in [1.165, 1.54) is 0 Å². The Balaban J connectivity index is 1.32. The quantitative estimate of drug-likeness (QED) is 0.118. The summed E-state index contributed by atoms with van der Waals surface area (Å²) in [5, 5.41) is 20.0. The van der Waals surface area contributed by atoms with E-state index in [1.54, 1.807) is 48.7 Å². The molecule has 1 aromatic heterocycles. The minimum absolute atomic E-state index is 0.235. The molecule has 1 aliphatic heterocycles. The Hall–Kier alpha value is -5.26. The van der Waals surface area contributed by atoms with Crippen molar-refractivity contribution in [1.29, 1.82) is 0 Å². The molecule has 40 heavy (non-hydrogen) atoms. The highest BCUT2D eigenvalue weighted by atomic mass is 19.4. The van der Waals surface area contributed by atoms with Gasteiger partial charge in [-0.3, -0.25) is 4.79 Å². The zero-order valence-corrected chi connectivity index (χ0v) is 20.7. The van der Waals surface area contributed by atoms with Gasteiger partial charge in [-0.15, -0.1) is 0 Å². The van der Waals surface area contributed by atoms with E-state index in [-0.39, 0.29) is 17.7 Å². The molecule has 0 fully saturated rings. The van der Waals surface area contributed by atoms with Gasteiger partial charge in [0.25, 0.3) is 5.91 Å². The van der Waals surface area contributed by atoms with E-state index in [0.29, 0.717) is 28.7 Å². The van der Waals surface area contributed by atoms with E-state index < -0.39 is 35.0 Å². The van der Waals surface area contributed by atoms with Gasteiger partial charge in [0.1, 0.15) is 0 Å². The number of rotatable bonds is 5. The van der Waals surface area contributed by atoms with Crippen LogP contribution < -0.4 is 21.3 Å². The van der Waals surface area contributed by atoms with Gasteiger partial charge in [-0.05, 0) is 67.1 Å². The molecular weight excluding hydrogens is 530 g/mol. The molecule has 8 nitrogen and oxygen atoms in total. The number of hydrogen-bond acceptors (Lipinski definition) is 4. The number of aromatic hydroxyl groups is 1. The molecule has 0 saturated carbocycles. The third-order valence-corrected chi connectivity index (χ3v) is 6.13. The van der Waals surface area contributed by atoms with Crippen LogP contribution in [-0.2, 0) is 11.0 Å². The second kappa shape index (κ2) is 10.1. The van der Waals surface area contributed by atoms with Gasteiger partial charge in [-0.25, -0.2) is 9.18 Å². The summed E-state index contributed by atoms with van der Waals surface area (Å²) < 4.78 is 53.2. The second-order valence-electron chi connectivity index (χ2n) is 8.99. The molecule has 1 aliphatic rings. The number of carbonyl (C=O) groups is 2. The third-order valence-electron chi connectivity index (χ3n) is 6.13. The maximum atomic E-state index is 14.2. The lowest BCUT2D eigenvalue weighted by molar-refractivity contribution is -0.137. The van der Waals surface area contributed by atoms with Crippen molar-refractivity contribution in [3.05, 3.63) is 95.1 Å². The predicted molar refractivity (Wildman–Crippen MR) is 144 cm³/mol. The lowest BCUT2D eigenvalue weighted by atomic mass is 10.1. The van der Waals surface area contributed by atoms with Crippen molar-refractivity contribution in [3.8, 4) is 5.75 Å². The molecule has 3 aromatic carbocycles. The summed E-state index contributed by atoms with van der Waals surface area (Å²) >= 11 is 0. The molecule has 4 aromatic rings. The molecule has 0 bridgehead atoms. The lowest BCUT2D eigenvalue weighted by Crippen LogP contribution is -2.21. The number of H-pyrrole nitrogens is 1. The van der Waals surface area contributed by atoms with E-state index in [9.17, 15) is 32.3 Å². The van der Waals surface area contributed by atoms with Gasteiger partial charge < -0.3 is 31.4 Å². The molecular formula is C28H21F4N5O3. The molecule has 0 radical (unpaired) electrons. The van der Waals surface area contributed by atoms with Gasteiger partial charge in [0.2, 0.25) is 0 Å². The van der Waals surface area contributed by atoms with Crippen LogP contribution in [0.15, 0.2) is 66.9 Å². The molecule has 2 heterocycles. The molecule has 5 rings (SSSR count). The standard InChI is InChI=1S/C28H21F4N5O3/c1-14-4-5-18(35-27(40)37-23-9-15(28(30,31)32)10-24(38)25(23)29)12-21(14)34-17-6-7-19-20(11-16-3-2-8-33-16)26(39)36-22(19)13-17/h2-13,33-34,38H,1H3,(H,36,39)(H2,35,37,40)/b20-11-. The molecule has 0 aliphatic carbocycles. The fourth-order valence-electron chi connectivity index (χ4n) is 4.14. The summed E-state index contributed by atoms with van der Waals surface area (Å²) in [6.45, 7) is 1.82. The Bertz CT molecular complexity index is 1660. The van der Waals surface area contributed by atoms with Gasteiger partial charge in [-0.1, -0.05) is 12.1 Å². The van der Waals surface area contributed by atoms with Gasteiger partial charge in [0.15, 0.2) is 11.6 Å². The minimum atomic E-state index is -4.85. The number of aryl methyl sites for hydroxylation is 1. The number of aromatic amines is 1.